The predicted octanol–water partition coefficient (Wildman–Crippen LogP) is 3.92. The van der Waals surface area contributed by atoms with E-state index in [9.17, 15) is 9.59 Å². The van der Waals surface area contributed by atoms with Crippen molar-refractivity contribution in [3.8, 4) is 0 Å². The highest BCUT2D eigenvalue weighted by Gasteiger charge is 2.40. The highest BCUT2D eigenvalue weighted by molar-refractivity contribution is 6.23. The minimum atomic E-state index is -0.516. The molecular formula is C21H24N2O2. The summed E-state index contributed by atoms with van der Waals surface area (Å²) in [6.07, 6.45) is 0.963. The van der Waals surface area contributed by atoms with Gasteiger partial charge in [0.15, 0.2) is 0 Å². The van der Waals surface area contributed by atoms with Gasteiger partial charge in [0.1, 0.15) is 6.04 Å². The van der Waals surface area contributed by atoms with E-state index in [2.05, 4.69) is 24.4 Å². The molecule has 0 radical (unpaired) electrons. The third-order valence-corrected chi connectivity index (χ3v) is 4.76. The van der Waals surface area contributed by atoms with Crippen molar-refractivity contribution >= 4 is 23.2 Å². The molecule has 0 saturated carbocycles. The molecular weight excluding hydrogens is 312 g/mol. The van der Waals surface area contributed by atoms with Crippen LogP contribution in [0.1, 0.15) is 35.6 Å². The number of aryl methyl sites for hydroxylation is 4. The number of para-hydroxylation sites is 1. The molecule has 0 bridgehead atoms. The number of nitrogens with zero attached hydrogens (tertiary/aromatic N) is 1. The predicted molar refractivity (Wildman–Crippen MR) is 101 cm³/mol. The van der Waals surface area contributed by atoms with Gasteiger partial charge in [0.05, 0.1) is 12.1 Å². The number of anilines is 2. The van der Waals surface area contributed by atoms with Gasteiger partial charge >= 0.3 is 0 Å². The molecule has 0 spiro atoms. The largest absolute Gasteiger partial charge is 0.373 e. The summed E-state index contributed by atoms with van der Waals surface area (Å²) in [5.74, 6) is -0.323. The third-order valence-electron chi connectivity index (χ3n) is 4.76. The summed E-state index contributed by atoms with van der Waals surface area (Å²) >= 11 is 0. The first-order valence-electron chi connectivity index (χ1n) is 8.71. The lowest BCUT2D eigenvalue weighted by molar-refractivity contribution is -0.121. The van der Waals surface area contributed by atoms with Crippen molar-refractivity contribution < 1.29 is 9.59 Å². The summed E-state index contributed by atoms with van der Waals surface area (Å²) < 4.78 is 0. The molecule has 2 aromatic carbocycles. The Labute approximate surface area is 148 Å². The number of hydrogen-bond acceptors (Lipinski definition) is 3. The lowest BCUT2D eigenvalue weighted by Crippen LogP contribution is -2.35. The van der Waals surface area contributed by atoms with Crippen LogP contribution in [0.2, 0.25) is 0 Å². The van der Waals surface area contributed by atoms with Gasteiger partial charge in [0.2, 0.25) is 5.91 Å². The van der Waals surface area contributed by atoms with E-state index >= 15 is 0 Å². The number of nitrogens with one attached hydrogen (secondary N) is 1. The Morgan fingerprint density at radius 1 is 1.08 bits per heavy atom. The van der Waals surface area contributed by atoms with E-state index in [0.717, 1.165) is 28.8 Å². The molecule has 4 nitrogen and oxygen atoms in total. The number of rotatable bonds is 4. The third kappa shape index (κ3) is 3.16. The topological polar surface area (TPSA) is 49.4 Å². The molecule has 1 heterocycles. The van der Waals surface area contributed by atoms with Crippen LogP contribution in [0, 0.1) is 20.8 Å². The fourth-order valence-electron chi connectivity index (χ4n) is 3.61. The van der Waals surface area contributed by atoms with Gasteiger partial charge in [0.25, 0.3) is 5.91 Å². The Bertz CT molecular complexity index is 819. The Morgan fingerprint density at radius 2 is 1.72 bits per heavy atom. The molecule has 130 valence electrons. The first-order valence-corrected chi connectivity index (χ1v) is 8.71. The van der Waals surface area contributed by atoms with Crippen LogP contribution in [-0.2, 0) is 16.0 Å². The summed E-state index contributed by atoms with van der Waals surface area (Å²) in [4.78, 5) is 26.8. The van der Waals surface area contributed by atoms with Gasteiger partial charge < -0.3 is 5.32 Å². The van der Waals surface area contributed by atoms with E-state index in [0.29, 0.717) is 5.69 Å². The van der Waals surface area contributed by atoms with Crippen molar-refractivity contribution in [1.82, 2.24) is 0 Å². The van der Waals surface area contributed by atoms with E-state index in [1.165, 1.54) is 10.5 Å². The lowest BCUT2D eigenvalue weighted by Gasteiger charge is -2.20. The van der Waals surface area contributed by atoms with Crippen LogP contribution in [0.4, 0.5) is 11.4 Å². The van der Waals surface area contributed by atoms with Gasteiger partial charge in [-0.15, -0.1) is 0 Å². The lowest BCUT2D eigenvalue weighted by atomic mass is 10.0. The maximum Gasteiger partial charge on any atom is 0.256 e. The van der Waals surface area contributed by atoms with Crippen molar-refractivity contribution in [3.05, 3.63) is 58.7 Å². The molecule has 2 amide bonds. The van der Waals surface area contributed by atoms with Gasteiger partial charge in [-0.2, -0.15) is 0 Å². The number of imide groups is 1. The van der Waals surface area contributed by atoms with Gasteiger partial charge in [-0.25, -0.2) is 4.90 Å². The van der Waals surface area contributed by atoms with Crippen molar-refractivity contribution in [3.63, 3.8) is 0 Å². The van der Waals surface area contributed by atoms with E-state index in [1.807, 2.05) is 45.0 Å². The number of amides is 2. The van der Waals surface area contributed by atoms with Crippen LogP contribution in [0.5, 0.6) is 0 Å². The van der Waals surface area contributed by atoms with Crippen molar-refractivity contribution in [2.24, 2.45) is 0 Å². The van der Waals surface area contributed by atoms with Crippen molar-refractivity contribution in [1.29, 1.82) is 0 Å². The molecule has 1 N–H and O–H groups in total. The molecule has 4 heteroatoms. The minimum absolute atomic E-state index is 0.147. The molecule has 1 fully saturated rings. The van der Waals surface area contributed by atoms with Gasteiger partial charge in [-0.3, -0.25) is 9.59 Å². The molecule has 25 heavy (non-hydrogen) atoms. The van der Waals surface area contributed by atoms with Crippen molar-refractivity contribution in [2.45, 2.75) is 46.6 Å². The van der Waals surface area contributed by atoms with E-state index < -0.39 is 6.04 Å². The normalized spacial score (nSPS) is 17.3. The first kappa shape index (κ1) is 17.2. The molecule has 0 aliphatic carbocycles. The standard InChI is InChI=1S/C21H24N2O2/c1-5-16-8-6-7-9-18(16)23-19(24)12-17(21(23)25)22-20-14(3)10-13(2)11-15(20)4/h6-11,17,22H,5,12H2,1-4H3. The Hall–Kier alpha value is -2.62. The highest BCUT2D eigenvalue weighted by atomic mass is 16.2. The van der Waals surface area contributed by atoms with Crippen LogP contribution >= 0.6 is 0 Å². The molecule has 1 saturated heterocycles. The zero-order valence-electron chi connectivity index (χ0n) is 15.2. The van der Waals surface area contributed by atoms with Crippen LogP contribution in [0.25, 0.3) is 0 Å². The summed E-state index contributed by atoms with van der Waals surface area (Å²) in [5, 5.41) is 3.31. The fraction of sp³-hybridized carbons (Fsp3) is 0.333. The zero-order chi connectivity index (χ0) is 18.1. The molecule has 1 aliphatic heterocycles. The maximum atomic E-state index is 12.9. The Kier molecular flexibility index (Phi) is 4.62. The number of benzene rings is 2. The second kappa shape index (κ2) is 6.71. The van der Waals surface area contributed by atoms with Gasteiger partial charge in [0, 0.05) is 5.69 Å². The van der Waals surface area contributed by atoms with Crippen LogP contribution in [0.3, 0.4) is 0 Å². The average molecular weight is 336 g/mol. The average Bonchev–Trinajstić information content (AvgIpc) is 2.84. The number of hydrogen-bond donors (Lipinski definition) is 1. The molecule has 1 atom stereocenters. The SMILES string of the molecule is CCc1ccccc1N1C(=O)CC(Nc2c(C)cc(C)cc2C)C1=O. The van der Waals surface area contributed by atoms with Crippen molar-refractivity contribution in [2.75, 3.05) is 10.2 Å². The summed E-state index contributed by atoms with van der Waals surface area (Å²) in [7, 11) is 0. The fourth-order valence-corrected chi connectivity index (χ4v) is 3.61. The maximum absolute atomic E-state index is 12.9. The minimum Gasteiger partial charge on any atom is -0.373 e. The summed E-state index contributed by atoms with van der Waals surface area (Å²) in [6, 6.07) is 11.3. The van der Waals surface area contributed by atoms with E-state index in [4.69, 9.17) is 0 Å². The van der Waals surface area contributed by atoms with E-state index in [-0.39, 0.29) is 18.2 Å². The second-order valence-corrected chi connectivity index (χ2v) is 6.72. The molecule has 0 aromatic heterocycles. The molecule has 3 rings (SSSR count). The summed E-state index contributed by atoms with van der Waals surface area (Å²) in [6.45, 7) is 8.12. The van der Waals surface area contributed by atoms with Crippen LogP contribution in [0.15, 0.2) is 36.4 Å². The monoisotopic (exact) mass is 336 g/mol. The molecule has 2 aromatic rings. The van der Waals surface area contributed by atoms with Crippen LogP contribution < -0.4 is 10.2 Å². The van der Waals surface area contributed by atoms with Crippen LogP contribution in [-0.4, -0.2) is 17.9 Å². The highest BCUT2D eigenvalue weighted by Crippen LogP contribution is 2.30. The van der Waals surface area contributed by atoms with Gasteiger partial charge in [-0.1, -0.05) is 42.8 Å². The molecule has 1 unspecified atom stereocenters. The summed E-state index contributed by atoms with van der Waals surface area (Å²) in [5.41, 5.74) is 6.03. The second-order valence-electron chi connectivity index (χ2n) is 6.72. The zero-order valence-corrected chi connectivity index (χ0v) is 15.2. The quantitative estimate of drug-likeness (QED) is 0.861. The van der Waals surface area contributed by atoms with Gasteiger partial charge in [-0.05, 0) is 49.9 Å². The number of carbonyl (C=O) groups excluding carboxylic acids is 2. The first-order chi connectivity index (χ1) is 11.9. The Balaban J connectivity index is 1.90. The Morgan fingerprint density at radius 3 is 2.36 bits per heavy atom. The molecule has 1 aliphatic rings. The smallest absolute Gasteiger partial charge is 0.256 e. The van der Waals surface area contributed by atoms with E-state index in [1.54, 1.807) is 0 Å². The number of carbonyl (C=O) groups is 2.